The Morgan fingerprint density at radius 1 is 1.33 bits per heavy atom. The van der Waals surface area contributed by atoms with E-state index in [-0.39, 0.29) is 30.8 Å². The summed E-state index contributed by atoms with van der Waals surface area (Å²) in [4.78, 5) is 26.6. The van der Waals surface area contributed by atoms with Crippen molar-refractivity contribution in [2.24, 2.45) is 5.73 Å². The van der Waals surface area contributed by atoms with Crippen LogP contribution in [0.2, 0.25) is 0 Å². The molecule has 0 heterocycles. The topological polar surface area (TPSA) is 75.9 Å². The van der Waals surface area contributed by atoms with Gasteiger partial charge < -0.3 is 20.3 Å². The third-order valence-corrected chi connectivity index (χ3v) is 2.89. The molecule has 1 fully saturated rings. The number of nitrogens with zero attached hydrogens (tertiary/aromatic N) is 2. The molecule has 1 rings (SSSR count). The number of likely N-dealkylation sites (N-methyl/N-ethyl adjacent to an activating group) is 1. The van der Waals surface area contributed by atoms with E-state index in [0.717, 1.165) is 0 Å². The number of methoxy groups -OCH3 is 1. The number of hydrogen-bond acceptors (Lipinski definition) is 4. The van der Waals surface area contributed by atoms with E-state index in [1.165, 1.54) is 9.80 Å². The van der Waals surface area contributed by atoms with E-state index in [0.29, 0.717) is 26.0 Å². The van der Waals surface area contributed by atoms with Gasteiger partial charge in [0.15, 0.2) is 0 Å². The highest BCUT2D eigenvalue weighted by Crippen LogP contribution is 2.34. The molecule has 0 aromatic heterocycles. The summed E-state index contributed by atoms with van der Waals surface area (Å²) in [6.45, 7) is 0.866. The lowest BCUT2D eigenvalue weighted by molar-refractivity contribution is -0.141. The van der Waals surface area contributed by atoms with Gasteiger partial charge in [-0.2, -0.15) is 0 Å². The van der Waals surface area contributed by atoms with Crippen molar-refractivity contribution in [1.29, 1.82) is 0 Å². The molecule has 1 aliphatic carbocycles. The summed E-state index contributed by atoms with van der Waals surface area (Å²) in [6, 6.07) is 0. The molecule has 0 saturated heterocycles. The summed E-state index contributed by atoms with van der Waals surface area (Å²) in [6.07, 6.45) is 1.40. The summed E-state index contributed by atoms with van der Waals surface area (Å²) in [5, 5.41) is 0. The van der Waals surface area contributed by atoms with Crippen LogP contribution < -0.4 is 5.73 Å². The van der Waals surface area contributed by atoms with Gasteiger partial charge in [0.2, 0.25) is 11.8 Å². The lowest BCUT2D eigenvalue weighted by atomic mass is 10.2. The highest BCUT2D eigenvalue weighted by Gasteiger charge is 2.48. The highest BCUT2D eigenvalue weighted by molar-refractivity contribution is 5.92. The van der Waals surface area contributed by atoms with Crippen molar-refractivity contribution in [2.75, 3.05) is 40.9 Å². The van der Waals surface area contributed by atoms with Crippen molar-refractivity contribution in [3.63, 3.8) is 0 Å². The summed E-state index contributed by atoms with van der Waals surface area (Å²) in [5.74, 6) is -0.261. The summed E-state index contributed by atoms with van der Waals surface area (Å²) < 4.78 is 4.94. The number of rotatable bonds is 6. The summed E-state index contributed by atoms with van der Waals surface area (Å²) in [7, 11) is 4.89. The van der Waals surface area contributed by atoms with E-state index in [1.807, 2.05) is 0 Å². The average Bonchev–Trinajstić information content (AvgIpc) is 3.02. The van der Waals surface area contributed by atoms with Gasteiger partial charge in [-0.3, -0.25) is 9.59 Å². The Kier molecular flexibility index (Phi) is 6.59. The molecule has 0 unspecified atom stereocenters. The van der Waals surface area contributed by atoms with Crippen LogP contribution in [0, 0.1) is 0 Å². The molecule has 1 aliphatic rings. The maximum Gasteiger partial charge on any atom is 0.243 e. The van der Waals surface area contributed by atoms with E-state index in [9.17, 15) is 9.59 Å². The molecule has 0 aromatic carbocycles. The smallest absolute Gasteiger partial charge is 0.243 e. The van der Waals surface area contributed by atoms with E-state index < -0.39 is 5.54 Å². The standard InChI is InChI=1S/C11H21N3O3.ClH/c1-13(2)9(15)8-14(6-7-17-3)10(16)11(12)4-5-11;/h4-8,12H2,1-3H3;1H. The Labute approximate surface area is 114 Å². The maximum absolute atomic E-state index is 12.1. The summed E-state index contributed by atoms with van der Waals surface area (Å²) in [5.41, 5.74) is 5.12. The van der Waals surface area contributed by atoms with Gasteiger partial charge in [-0.15, -0.1) is 12.4 Å². The minimum Gasteiger partial charge on any atom is -0.383 e. The Morgan fingerprint density at radius 2 is 1.89 bits per heavy atom. The number of carbonyl (C=O) groups is 2. The van der Waals surface area contributed by atoms with Gasteiger partial charge in [0.25, 0.3) is 0 Å². The molecule has 0 radical (unpaired) electrons. The number of nitrogens with two attached hydrogens (primary N) is 1. The monoisotopic (exact) mass is 279 g/mol. The largest absolute Gasteiger partial charge is 0.383 e. The Balaban J connectivity index is 0.00000289. The fourth-order valence-electron chi connectivity index (χ4n) is 1.42. The molecule has 2 N–H and O–H groups in total. The number of ether oxygens (including phenoxy) is 1. The zero-order valence-corrected chi connectivity index (χ0v) is 12.0. The Morgan fingerprint density at radius 3 is 2.28 bits per heavy atom. The molecule has 7 heteroatoms. The quantitative estimate of drug-likeness (QED) is 0.709. The molecule has 0 bridgehead atoms. The number of carbonyl (C=O) groups excluding carboxylic acids is 2. The predicted molar refractivity (Wildman–Crippen MR) is 70.6 cm³/mol. The van der Waals surface area contributed by atoms with Gasteiger partial charge in [0, 0.05) is 27.7 Å². The van der Waals surface area contributed by atoms with E-state index in [4.69, 9.17) is 10.5 Å². The third-order valence-electron chi connectivity index (χ3n) is 2.89. The zero-order valence-electron chi connectivity index (χ0n) is 11.1. The Hall–Kier alpha value is -0.850. The van der Waals surface area contributed by atoms with Crippen molar-refractivity contribution in [2.45, 2.75) is 18.4 Å². The first-order valence-corrected chi connectivity index (χ1v) is 5.68. The molecule has 106 valence electrons. The first-order valence-electron chi connectivity index (χ1n) is 5.68. The molecule has 0 aliphatic heterocycles. The molecule has 0 spiro atoms. The third kappa shape index (κ3) is 4.44. The second kappa shape index (κ2) is 6.92. The van der Waals surface area contributed by atoms with E-state index in [1.54, 1.807) is 21.2 Å². The van der Waals surface area contributed by atoms with Crippen LogP contribution >= 0.6 is 12.4 Å². The number of amides is 2. The summed E-state index contributed by atoms with van der Waals surface area (Å²) >= 11 is 0. The first-order chi connectivity index (χ1) is 7.90. The van der Waals surface area contributed by atoms with Crippen molar-refractivity contribution in [1.82, 2.24) is 9.80 Å². The fraction of sp³-hybridized carbons (Fsp3) is 0.818. The van der Waals surface area contributed by atoms with Crippen LogP contribution in [0.3, 0.4) is 0 Å². The molecule has 1 saturated carbocycles. The van der Waals surface area contributed by atoms with Gasteiger partial charge in [0.1, 0.15) is 0 Å². The number of halogens is 1. The van der Waals surface area contributed by atoms with Crippen LogP contribution in [0.1, 0.15) is 12.8 Å². The lowest BCUT2D eigenvalue weighted by Crippen LogP contribution is -2.50. The molecule has 0 aromatic rings. The normalized spacial score (nSPS) is 15.6. The van der Waals surface area contributed by atoms with Crippen LogP contribution in [-0.4, -0.2) is 68.1 Å². The van der Waals surface area contributed by atoms with Gasteiger partial charge in [-0.25, -0.2) is 0 Å². The maximum atomic E-state index is 12.1. The van der Waals surface area contributed by atoms with Gasteiger partial charge >= 0.3 is 0 Å². The molecule has 6 nitrogen and oxygen atoms in total. The van der Waals surface area contributed by atoms with Gasteiger partial charge in [-0.05, 0) is 12.8 Å². The highest BCUT2D eigenvalue weighted by atomic mass is 35.5. The van der Waals surface area contributed by atoms with Crippen molar-refractivity contribution < 1.29 is 14.3 Å². The van der Waals surface area contributed by atoms with Crippen molar-refractivity contribution in [3.8, 4) is 0 Å². The van der Waals surface area contributed by atoms with Crippen LogP contribution in [0.5, 0.6) is 0 Å². The lowest BCUT2D eigenvalue weighted by Gasteiger charge is -2.26. The molecular formula is C11H22ClN3O3. The van der Waals surface area contributed by atoms with E-state index >= 15 is 0 Å². The molecular weight excluding hydrogens is 258 g/mol. The van der Waals surface area contributed by atoms with Crippen LogP contribution in [0.25, 0.3) is 0 Å². The SMILES string of the molecule is COCCN(CC(=O)N(C)C)C(=O)C1(N)CC1.Cl. The average molecular weight is 280 g/mol. The van der Waals surface area contributed by atoms with Crippen LogP contribution in [0.15, 0.2) is 0 Å². The number of hydrogen-bond donors (Lipinski definition) is 1. The zero-order chi connectivity index (χ0) is 13.1. The molecule has 2 amide bonds. The van der Waals surface area contributed by atoms with Gasteiger partial charge in [0.05, 0.1) is 18.7 Å². The predicted octanol–water partition coefficient (Wildman–Crippen LogP) is -0.537. The van der Waals surface area contributed by atoms with Gasteiger partial charge in [-0.1, -0.05) is 0 Å². The van der Waals surface area contributed by atoms with Crippen molar-refractivity contribution >= 4 is 24.2 Å². The van der Waals surface area contributed by atoms with Crippen LogP contribution in [-0.2, 0) is 14.3 Å². The van der Waals surface area contributed by atoms with E-state index in [2.05, 4.69) is 0 Å². The van der Waals surface area contributed by atoms with Crippen LogP contribution in [0.4, 0.5) is 0 Å². The van der Waals surface area contributed by atoms with Crippen molar-refractivity contribution in [3.05, 3.63) is 0 Å². The first kappa shape index (κ1) is 17.2. The second-order valence-electron chi connectivity index (χ2n) is 4.66. The molecule has 0 atom stereocenters. The second-order valence-corrected chi connectivity index (χ2v) is 4.66. The fourth-order valence-corrected chi connectivity index (χ4v) is 1.42. The Bertz CT molecular complexity index is 306. The minimum atomic E-state index is -0.736. The minimum absolute atomic E-state index is 0. The molecule has 18 heavy (non-hydrogen) atoms.